The van der Waals surface area contributed by atoms with E-state index in [1.807, 2.05) is 47.0 Å². The fraction of sp³-hybridized carbons (Fsp3) is 0.0667. The van der Waals surface area contributed by atoms with Crippen molar-refractivity contribution in [2.24, 2.45) is 0 Å². The minimum atomic E-state index is 0.253. The molecule has 0 saturated heterocycles. The Bertz CT molecular complexity index is 677. The molecule has 1 aromatic heterocycles. The Morgan fingerprint density at radius 1 is 1.00 bits per heavy atom. The number of para-hydroxylation sites is 1. The molecule has 3 aromatic rings. The van der Waals surface area contributed by atoms with Gasteiger partial charge in [0.2, 0.25) is 0 Å². The van der Waals surface area contributed by atoms with Gasteiger partial charge in [-0.25, -0.2) is 0 Å². The van der Waals surface area contributed by atoms with Crippen LogP contribution in [0.3, 0.4) is 0 Å². The van der Waals surface area contributed by atoms with E-state index in [4.69, 9.17) is 0 Å². The van der Waals surface area contributed by atoms with Crippen LogP contribution in [-0.2, 0) is 6.54 Å². The number of phenolic OH excluding ortho intramolecular Hbond substituents is 1. The average molecular weight is 266 g/mol. The number of hydrogen-bond acceptors (Lipinski definition) is 4. The standard InChI is InChI=1S/C15H14N4O/c20-14-8-6-12(7-9-14)16-10-15-18-17-11-19(15)13-4-2-1-3-5-13/h1-9,11,16,20H,10H2. The lowest BCUT2D eigenvalue weighted by atomic mass is 10.3. The van der Waals surface area contributed by atoms with E-state index in [0.29, 0.717) is 6.54 Å². The predicted octanol–water partition coefficient (Wildman–Crippen LogP) is 2.59. The molecule has 5 nitrogen and oxygen atoms in total. The molecule has 1 heterocycles. The van der Waals surface area contributed by atoms with E-state index in [0.717, 1.165) is 17.2 Å². The van der Waals surface area contributed by atoms with Crippen molar-refractivity contribution in [3.8, 4) is 11.4 Å². The van der Waals surface area contributed by atoms with Crippen LogP contribution in [0.25, 0.3) is 5.69 Å². The van der Waals surface area contributed by atoms with Crippen molar-refractivity contribution in [1.82, 2.24) is 14.8 Å². The summed E-state index contributed by atoms with van der Waals surface area (Å²) in [5.74, 6) is 1.08. The Hall–Kier alpha value is -2.82. The van der Waals surface area contributed by atoms with Gasteiger partial charge >= 0.3 is 0 Å². The molecule has 20 heavy (non-hydrogen) atoms. The fourth-order valence-electron chi connectivity index (χ4n) is 1.94. The summed E-state index contributed by atoms with van der Waals surface area (Å²) in [4.78, 5) is 0. The van der Waals surface area contributed by atoms with Gasteiger partial charge < -0.3 is 10.4 Å². The maximum atomic E-state index is 9.25. The maximum Gasteiger partial charge on any atom is 0.156 e. The Labute approximate surface area is 116 Å². The SMILES string of the molecule is Oc1ccc(NCc2nncn2-c2ccccc2)cc1. The molecule has 0 saturated carbocycles. The molecule has 0 aliphatic rings. The van der Waals surface area contributed by atoms with Crippen LogP contribution >= 0.6 is 0 Å². The number of anilines is 1. The van der Waals surface area contributed by atoms with E-state index in [9.17, 15) is 5.11 Å². The van der Waals surface area contributed by atoms with E-state index in [1.165, 1.54) is 0 Å². The number of aromatic nitrogens is 3. The lowest BCUT2D eigenvalue weighted by Crippen LogP contribution is -2.07. The first-order valence-corrected chi connectivity index (χ1v) is 6.30. The summed E-state index contributed by atoms with van der Waals surface area (Å²) in [6, 6.07) is 16.9. The number of nitrogens with zero attached hydrogens (tertiary/aromatic N) is 3. The summed E-state index contributed by atoms with van der Waals surface area (Å²) in [5, 5.41) is 20.6. The third kappa shape index (κ3) is 2.61. The van der Waals surface area contributed by atoms with E-state index < -0.39 is 0 Å². The van der Waals surface area contributed by atoms with Gasteiger partial charge in [0.1, 0.15) is 12.1 Å². The largest absolute Gasteiger partial charge is 0.508 e. The lowest BCUT2D eigenvalue weighted by Gasteiger charge is -2.08. The monoisotopic (exact) mass is 266 g/mol. The molecule has 0 aliphatic heterocycles. The molecule has 5 heteroatoms. The quantitative estimate of drug-likeness (QED) is 0.712. The molecular weight excluding hydrogens is 252 g/mol. The molecule has 3 rings (SSSR count). The normalized spacial score (nSPS) is 10.4. The van der Waals surface area contributed by atoms with Gasteiger partial charge in [-0.1, -0.05) is 18.2 Å². The molecule has 0 radical (unpaired) electrons. The van der Waals surface area contributed by atoms with Crippen molar-refractivity contribution in [1.29, 1.82) is 0 Å². The summed E-state index contributed by atoms with van der Waals surface area (Å²) >= 11 is 0. The zero-order chi connectivity index (χ0) is 13.8. The van der Waals surface area contributed by atoms with Gasteiger partial charge in [0.15, 0.2) is 5.82 Å². The van der Waals surface area contributed by atoms with Gasteiger partial charge in [-0.15, -0.1) is 10.2 Å². The molecule has 0 atom stereocenters. The molecule has 0 fully saturated rings. The fourth-order valence-corrected chi connectivity index (χ4v) is 1.94. The second-order valence-corrected chi connectivity index (χ2v) is 4.35. The molecule has 2 N–H and O–H groups in total. The van der Waals surface area contributed by atoms with Gasteiger partial charge in [0.25, 0.3) is 0 Å². The number of nitrogens with one attached hydrogen (secondary N) is 1. The number of rotatable bonds is 4. The van der Waals surface area contributed by atoms with Crippen LogP contribution in [0, 0.1) is 0 Å². The average Bonchev–Trinajstić information content (AvgIpc) is 2.96. The van der Waals surface area contributed by atoms with Crippen LogP contribution in [0.5, 0.6) is 5.75 Å². The van der Waals surface area contributed by atoms with Crippen molar-refractivity contribution in [2.75, 3.05) is 5.32 Å². The number of benzene rings is 2. The predicted molar refractivity (Wildman–Crippen MR) is 76.8 cm³/mol. The van der Waals surface area contributed by atoms with Gasteiger partial charge in [-0.3, -0.25) is 4.57 Å². The Kier molecular flexibility index (Phi) is 3.33. The van der Waals surface area contributed by atoms with Crippen LogP contribution in [0.15, 0.2) is 60.9 Å². The molecule has 0 unspecified atom stereocenters. The van der Waals surface area contributed by atoms with Gasteiger partial charge in [-0.2, -0.15) is 0 Å². The van der Waals surface area contributed by atoms with Crippen molar-refractivity contribution in [2.45, 2.75) is 6.54 Å². The Morgan fingerprint density at radius 3 is 2.50 bits per heavy atom. The summed E-state index contributed by atoms with van der Waals surface area (Å²) in [5.41, 5.74) is 1.95. The van der Waals surface area contributed by atoms with Crippen molar-refractivity contribution < 1.29 is 5.11 Å². The summed E-state index contributed by atoms with van der Waals surface area (Å²) in [7, 11) is 0. The second kappa shape index (κ2) is 5.44. The summed E-state index contributed by atoms with van der Waals surface area (Å²) in [6.07, 6.45) is 1.70. The van der Waals surface area contributed by atoms with Gasteiger partial charge in [-0.05, 0) is 36.4 Å². The summed E-state index contributed by atoms with van der Waals surface area (Å²) in [6.45, 7) is 0.555. The lowest BCUT2D eigenvalue weighted by molar-refractivity contribution is 0.475. The molecule has 0 spiro atoms. The highest BCUT2D eigenvalue weighted by Gasteiger charge is 2.05. The minimum Gasteiger partial charge on any atom is -0.508 e. The summed E-state index contributed by atoms with van der Waals surface area (Å²) < 4.78 is 1.94. The van der Waals surface area contributed by atoms with E-state index in [2.05, 4.69) is 15.5 Å². The highest BCUT2D eigenvalue weighted by molar-refractivity contribution is 5.46. The molecule has 0 aliphatic carbocycles. The van der Waals surface area contributed by atoms with Crippen molar-refractivity contribution >= 4 is 5.69 Å². The first kappa shape index (κ1) is 12.2. The topological polar surface area (TPSA) is 63.0 Å². The third-order valence-electron chi connectivity index (χ3n) is 2.97. The number of hydrogen-bond donors (Lipinski definition) is 2. The molecule has 2 aromatic carbocycles. The number of aromatic hydroxyl groups is 1. The molecule has 0 bridgehead atoms. The third-order valence-corrected chi connectivity index (χ3v) is 2.97. The van der Waals surface area contributed by atoms with Crippen LogP contribution in [0.1, 0.15) is 5.82 Å². The van der Waals surface area contributed by atoms with Crippen molar-refractivity contribution in [3.63, 3.8) is 0 Å². The maximum absolute atomic E-state index is 9.25. The van der Waals surface area contributed by atoms with E-state index >= 15 is 0 Å². The molecular formula is C15H14N4O. The van der Waals surface area contributed by atoms with Crippen LogP contribution < -0.4 is 5.32 Å². The molecule has 100 valence electrons. The minimum absolute atomic E-state index is 0.253. The first-order valence-electron chi connectivity index (χ1n) is 6.30. The zero-order valence-electron chi connectivity index (χ0n) is 10.8. The van der Waals surface area contributed by atoms with E-state index in [1.54, 1.807) is 18.5 Å². The van der Waals surface area contributed by atoms with Crippen LogP contribution in [-0.4, -0.2) is 19.9 Å². The zero-order valence-corrected chi connectivity index (χ0v) is 10.8. The van der Waals surface area contributed by atoms with Crippen LogP contribution in [0.2, 0.25) is 0 Å². The Morgan fingerprint density at radius 2 is 1.75 bits per heavy atom. The van der Waals surface area contributed by atoms with Gasteiger partial charge in [0.05, 0.1) is 6.54 Å². The number of phenols is 1. The smallest absolute Gasteiger partial charge is 0.156 e. The van der Waals surface area contributed by atoms with E-state index in [-0.39, 0.29) is 5.75 Å². The second-order valence-electron chi connectivity index (χ2n) is 4.35. The van der Waals surface area contributed by atoms with Crippen molar-refractivity contribution in [3.05, 3.63) is 66.7 Å². The molecule has 0 amide bonds. The van der Waals surface area contributed by atoms with Crippen LogP contribution in [0.4, 0.5) is 5.69 Å². The highest BCUT2D eigenvalue weighted by atomic mass is 16.3. The first-order chi connectivity index (χ1) is 9.83. The van der Waals surface area contributed by atoms with Gasteiger partial charge in [0, 0.05) is 11.4 Å². The highest BCUT2D eigenvalue weighted by Crippen LogP contribution is 2.15. The Balaban J connectivity index is 1.76.